The Morgan fingerprint density at radius 3 is 2.50 bits per heavy atom. The average Bonchev–Trinajstić information content (AvgIpc) is 2.94. The van der Waals surface area contributed by atoms with E-state index in [9.17, 15) is 4.79 Å². The van der Waals surface area contributed by atoms with Crippen molar-refractivity contribution in [1.82, 2.24) is 10.2 Å². The van der Waals surface area contributed by atoms with Gasteiger partial charge in [-0.25, -0.2) is 0 Å². The van der Waals surface area contributed by atoms with Crippen LogP contribution in [0.3, 0.4) is 0 Å². The summed E-state index contributed by atoms with van der Waals surface area (Å²) in [6.45, 7) is 0.836. The number of nitrogens with zero attached hydrogens (tertiary/aromatic N) is 1. The second kappa shape index (κ2) is 8.02. The molecule has 0 aromatic heterocycles. The van der Waals surface area contributed by atoms with Crippen LogP contribution in [0.1, 0.15) is 44.1 Å². The summed E-state index contributed by atoms with van der Waals surface area (Å²) in [5.74, 6) is 1.79. The van der Waals surface area contributed by atoms with Crippen molar-refractivity contribution in [1.29, 1.82) is 0 Å². The number of hydrogen-bond donors (Lipinski definition) is 1. The van der Waals surface area contributed by atoms with Gasteiger partial charge in [-0.1, -0.05) is 12.1 Å². The zero-order chi connectivity index (χ0) is 16.9. The van der Waals surface area contributed by atoms with Gasteiger partial charge in [0.25, 0.3) is 0 Å². The van der Waals surface area contributed by atoms with Gasteiger partial charge < -0.3 is 15.0 Å². The largest absolute Gasteiger partial charge is 0.497 e. The third-order valence-corrected chi connectivity index (χ3v) is 5.58. The van der Waals surface area contributed by atoms with Gasteiger partial charge in [0.05, 0.1) is 7.11 Å². The number of nitrogens with one attached hydrogen (secondary N) is 1. The van der Waals surface area contributed by atoms with Crippen LogP contribution in [0.25, 0.3) is 0 Å². The lowest BCUT2D eigenvalue weighted by molar-refractivity contribution is -0.131. The van der Waals surface area contributed by atoms with Crippen LogP contribution in [0.15, 0.2) is 24.3 Å². The Labute approximate surface area is 145 Å². The quantitative estimate of drug-likeness (QED) is 0.835. The van der Waals surface area contributed by atoms with E-state index in [-0.39, 0.29) is 0 Å². The number of hydrogen-bond acceptors (Lipinski definition) is 3. The molecular formula is C20H30N2O2. The number of fused-ring (bicyclic) bond motifs is 2. The van der Waals surface area contributed by atoms with E-state index in [1.54, 1.807) is 7.11 Å². The van der Waals surface area contributed by atoms with Crippen LogP contribution >= 0.6 is 0 Å². The van der Waals surface area contributed by atoms with Crippen molar-refractivity contribution >= 4 is 5.91 Å². The van der Waals surface area contributed by atoms with Crippen molar-refractivity contribution < 1.29 is 9.53 Å². The van der Waals surface area contributed by atoms with Gasteiger partial charge >= 0.3 is 0 Å². The summed E-state index contributed by atoms with van der Waals surface area (Å²) in [6.07, 6.45) is 7.70. The van der Waals surface area contributed by atoms with Crippen LogP contribution in [0.5, 0.6) is 5.75 Å². The van der Waals surface area contributed by atoms with E-state index in [2.05, 4.69) is 17.4 Å². The molecular weight excluding hydrogens is 300 g/mol. The first-order valence-electron chi connectivity index (χ1n) is 9.27. The summed E-state index contributed by atoms with van der Waals surface area (Å²) in [6, 6.07) is 9.53. The number of aryl methyl sites for hydroxylation is 1. The molecule has 2 bridgehead atoms. The maximum atomic E-state index is 12.5. The molecule has 0 spiro atoms. The van der Waals surface area contributed by atoms with E-state index >= 15 is 0 Å². The summed E-state index contributed by atoms with van der Waals surface area (Å²) in [5, 5.41) is 3.65. The molecule has 1 aromatic rings. The molecule has 1 aromatic carbocycles. The van der Waals surface area contributed by atoms with Crippen LogP contribution in [-0.2, 0) is 11.2 Å². The monoisotopic (exact) mass is 330 g/mol. The molecule has 2 heterocycles. The molecule has 4 nitrogen and oxygen atoms in total. The Morgan fingerprint density at radius 1 is 1.21 bits per heavy atom. The summed E-state index contributed by atoms with van der Waals surface area (Å²) in [5.41, 5.74) is 1.30. The topological polar surface area (TPSA) is 41.6 Å². The first-order valence-corrected chi connectivity index (χ1v) is 9.27. The standard InChI is InChI=1S/C20H30N2O2/c1-22(11-3-4-15-5-9-19(24-2)10-6-15)20(23)14-16-12-17-7-8-18(13-16)21-17/h5-6,9-10,16-18,21H,3-4,7-8,11-14H2,1-2H3. The molecule has 2 atom stereocenters. The Hall–Kier alpha value is -1.55. The number of rotatable bonds is 7. The minimum Gasteiger partial charge on any atom is -0.497 e. The maximum Gasteiger partial charge on any atom is 0.222 e. The van der Waals surface area contributed by atoms with Gasteiger partial charge in [-0.05, 0) is 62.1 Å². The molecule has 132 valence electrons. The van der Waals surface area contributed by atoms with Crippen molar-refractivity contribution in [2.75, 3.05) is 20.7 Å². The van der Waals surface area contributed by atoms with E-state index in [1.165, 1.54) is 31.2 Å². The molecule has 0 aliphatic carbocycles. The lowest BCUT2D eigenvalue weighted by Crippen LogP contribution is -2.40. The molecule has 0 saturated carbocycles. The summed E-state index contributed by atoms with van der Waals surface area (Å²) in [7, 11) is 3.63. The Kier molecular flexibility index (Phi) is 5.77. The molecule has 2 fully saturated rings. The molecule has 2 aliphatic heterocycles. The predicted octanol–water partition coefficient (Wildman–Crippen LogP) is 3.01. The maximum absolute atomic E-state index is 12.5. The minimum absolute atomic E-state index is 0.316. The first-order chi connectivity index (χ1) is 11.6. The lowest BCUT2D eigenvalue weighted by atomic mass is 9.89. The Balaban J connectivity index is 1.38. The number of amides is 1. The van der Waals surface area contributed by atoms with E-state index in [0.29, 0.717) is 23.9 Å². The highest BCUT2D eigenvalue weighted by Crippen LogP contribution is 2.32. The number of carbonyl (C=O) groups excluding carboxylic acids is 1. The SMILES string of the molecule is COc1ccc(CCCN(C)C(=O)CC2CC3CCC(C2)N3)cc1. The van der Waals surface area contributed by atoms with Crippen molar-refractivity contribution in [3.8, 4) is 5.75 Å². The van der Waals surface area contributed by atoms with Crippen molar-refractivity contribution in [3.05, 3.63) is 29.8 Å². The second-order valence-corrected chi connectivity index (χ2v) is 7.45. The first kappa shape index (κ1) is 17.3. The van der Waals surface area contributed by atoms with Gasteiger partial charge in [-0.2, -0.15) is 0 Å². The summed E-state index contributed by atoms with van der Waals surface area (Å²) in [4.78, 5) is 14.4. The smallest absolute Gasteiger partial charge is 0.222 e. The molecule has 2 aliphatic rings. The number of carbonyl (C=O) groups is 1. The Morgan fingerprint density at radius 2 is 1.88 bits per heavy atom. The number of methoxy groups -OCH3 is 1. The molecule has 2 saturated heterocycles. The fraction of sp³-hybridized carbons (Fsp3) is 0.650. The van der Waals surface area contributed by atoms with E-state index in [0.717, 1.165) is 31.6 Å². The van der Waals surface area contributed by atoms with Crippen LogP contribution < -0.4 is 10.1 Å². The second-order valence-electron chi connectivity index (χ2n) is 7.45. The number of piperidine rings is 1. The van der Waals surface area contributed by atoms with Gasteiger partial charge in [0.1, 0.15) is 5.75 Å². The number of ether oxygens (including phenoxy) is 1. The molecule has 1 amide bonds. The molecule has 24 heavy (non-hydrogen) atoms. The highest BCUT2D eigenvalue weighted by Gasteiger charge is 2.34. The molecule has 0 radical (unpaired) electrons. The van der Waals surface area contributed by atoms with Gasteiger partial charge in [-0.15, -0.1) is 0 Å². The van der Waals surface area contributed by atoms with Gasteiger partial charge in [0.15, 0.2) is 0 Å². The summed E-state index contributed by atoms with van der Waals surface area (Å²) >= 11 is 0. The normalized spacial score (nSPS) is 25.5. The lowest BCUT2D eigenvalue weighted by Gasteiger charge is -2.30. The third-order valence-electron chi connectivity index (χ3n) is 5.58. The van der Waals surface area contributed by atoms with E-state index < -0.39 is 0 Å². The third kappa shape index (κ3) is 4.50. The zero-order valence-electron chi connectivity index (χ0n) is 15.0. The van der Waals surface area contributed by atoms with Crippen molar-refractivity contribution in [2.24, 2.45) is 5.92 Å². The van der Waals surface area contributed by atoms with Crippen molar-refractivity contribution in [3.63, 3.8) is 0 Å². The fourth-order valence-electron chi connectivity index (χ4n) is 4.18. The van der Waals surface area contributed by atoms with Crippen molar-refractivity contribution in [2.45, 2.75) is 57.0 Å². The molecule has 4 heteroatoms. The molecule has 3 rings (SSSR count). The van der Waals surface area contributed by atoms with Crippen LogP contribution in [-0.4, -0.2) is 43.6 Å². The van der Waals surface area contributed by atoms with Gasteiger partial charge in [-0.3, -0.25) is 4.79 Å². The van der Waals surface area contributed by atoms with Crippen LogP contribution in [0, 0.1) is 5.92 Å². The highest BCUT2D eigenvalue weighted by molar-refractivity contribution is 5.76. The average molecular weight is 330 g/mol. The fourth-order valence-corrected chi connectivity index (χ4v) is 4.18. The van der Waals surface area contributed by atoms with Crippen LogP contribution in [0.4, 0.5) is 0 Å². The van der Waals surface area contributed by atoms with Gasteiger partial charge in [0.2, 0.25) is 5.91 Å². The van der Waals surface area contributed by atoms with E-state index in [4.69, 9.17) is 4.74 Å². The number of benzene rings is 1. The zero-order valence-corrected chi connectivity index (χ0v) is 15.0. The van der Waals surface area contributed by atoms with Crippen LogP contribution in [0.2, 0.25) is 0 Å². The molecule has 2 unspecified atom stereocenters. The summed E-state index contributed by atoms with van der Waals surface area (Å²) < 4.78 is 5.18. The predicted molar refractivity (Wildman–Crippen MR) is 96.2 cm³/mol. The molecule has 1 N–H and O–H groups in total. The highest BCUT2D eigenvalue weighted by atomic mass is 16.5. The minimum atomic E-state index is 0.316. The van der Waals surface area contributed by atoms with Gasteiger partial charge in [0, 0.05) is 32.1 Å². The Bertz CT molecular complexity index is 531. The van der Waals surface area contributed by atoms with E-state index in [1.807, 2.05) is 24.1 Å².